The van der Waals surface area contributed by atoms with Crippen LogP contribution in [0.3, 0.4) is 0 Å². The van der Waals surface area contributed by atoms with Crippen molar-refractivity contribution in [2.45, 2.75) is 33.7 Å². The molecular weight excluding hydrogens is 292 g/mol. The molecule has 2 rings (SSSR count). The summed E-state index contributed by atoms with van der Waals surface area (Å²) in [5.74, 6) is 0.928. The van der Waals surface area contributed by atoms with Gasteiger partial charge in [-0.2, -0.15) is 0 Å². The van der Waals surface area contributed by atoms with Gasteiger partial charge in [-0.1, -0.05) is 31.2 Å². The summed E-state index contributed by atoms with van der Waals surface area (Å²) in [6.45, 7) is 7.14. The molecule has 1 heterocycles. The Hall–Kier alpha value is -2.14. The van der Waals surface area contributed by atoms with E-state index in [9.17, 15) is 4.79 Å². The second-order valence-electron chi connectivity index (χ2n) is 5.53. The van der Waals surface area contributed by atoms with Crippen LogP contribution in [0.5, 0.6) is 0 Å². The van der Waals surface area contributed by atoms with Gasteiger partial charge >= 0.3 is 0 Å². The molecule has 23 heavy (non-hydrogen) atoms. The zero-order valence-electron chi connectivity index (χ0n) is 14.3. The maximum Gasteiger partial charge on any atom is 0.276 e. The molecule has 0 radical (unpaired) electrons. The van der Waals surface area contributed by atoms with Crippen molar-refractivity contribution in [2.24, 2.45) is 0 Å². The van der Waals surface area contributed by atoms with Crippen molar-refractivity contribution in [3.05, 3.63) is 52.7 Å². The quantitative estimate of drug-likeness (QED) is 0.787. The van der Waals surface area contributed by atoms with E-state index in [0.29, 0.717) is 37.0 Å². The maximum atomic E-state index is 12.8. The number of aromatic nitrogens is 1. The molecule has 1 aromatic carbocycles. The third kappa shape index (κ3) is 4.42. The highest BCUT2D eigenvalue weighted by Gasteiger charge is 2.22. The molecule has 1 amide bonds. The van der Waals surface area contributed by atoms with Gasteiger partial charge in [-0.25, -0.2) is 4.98 Å². The summed E-state index contributed by atoms with van der Waals surface area (Å²) in [6.07, 6.45) is 1.00. The van der Waals surface area contributed by atoms with E-state index >= 15 is 0 Å². The zero-order chi connectivity index (χ0) is 16.8. The Bertz CT molecular complexity index is 647. The Balaban J connectivity index is 2.18. The number of amides is 1. The lowest BCUT2D eigenvalue weighted by Gasteiger charge is -2.22. The molecular formula is C18H24N2O3. The Morgan fingerprint density at radius 3 is 2.39 bits per heavy atom. The SMILES string of the molecule is CCc1ccc(CN(CCOC)C(=O)c2nc(C)oc2C)cc1. The lowest BCUT2D eigenvalue weighted by molar-refractivity contribution is 0.0673. The first kappa shape index (κ1) is 17.2. The van der Waals surface area contributed by atoms with Crippen LogP contribution >= 0.6 is 0 Å². The molecule has 5 heteroatoms. The van der Waals surface area contributed by atoms with E-state index in [1.165, 1.54) is 5.56 Å². The fraction of sp³-hybridized carbons (Fsp3) is 0.444. The number of ether oxygens (including phenoxy) is 1. The highest BCUT2D eigenvalue weighted by Crippen LogP contribution is 2.15. The van der Waals surface area contributed by atoms with Gasteiger partial charge in [0.15, 0.2) is 11.6 Å². The van der Waals surface area contributed by atoms with Crippen molar-refractivity contribution in [1.82, 2.24) is 9.88 Å². The molecule has 0 aliphatic rings. The van der Waals surface area contributed by atoms with Crippen LogP contribution in [-0.4, -0.2) is 36.1 Å². The lowest BCUT2D eigenvalue weighted by atomic mass is 10.1. The number of hydrogen-bond acceptors (Lipinski definition) is 4. The Morgan fingerprint density at radius 1 is 1.22 bits per heavy atom. The molecule has 0 aliphatic heterocycles. The van der Waals surface area contributed by atoms with Gasteiger partial charge in [-0.05, 0) is 24.5 Å². The zero-order valence-corrected chi connectivity index (χ0v) is 14.3. The molecule has 0 saturated carbocycles. The minimum absolute atomic E-state index is 0.129. The molecule has 0 fully saturated rings. The van der Waals surface area contributed by atoms with Crippen molar-refractivity contribution < 1.29 is 13.9 Å². The topological polar surface area (TPSA) is 55.6 Å². The monoisotopic (exact) mass is 316 g/mol. The number of oxazole rings is 1. The van der Waals surface area contributed by atoms with Gasteiger partial charge in [-0.3, -0.25) is 4.79 Å². The van der Waals surface area contributed by atoms with Crippen LogP contribution in [0.15, 0.2) is 28.7 Å². The molecule has 0 saturated heterocycles. The van der Waals surface area contributed by atoms with E-state index in [1.54, 1.807) is 25.9 Å². The Morgan fingerprint density at radius 2 is 1.87 bits per heavy atom. The minimum atomic E-state index is -0.129. The van der Waals surface area contributed by atoms with Gasteiger partial charge < -0.3 is 14.1 Å². The van der Waals surface area contributed by atoms with Gasteiger partial charge in [0.25, 0.3) is 5.91 Å². The van der Waals surface area contributed by atoms with Gasteiger partial charge in [0, 0.05) is 27.1 Å². The smallest absolute Gasteiger partial charge is 0.276 e. The van der Waals surface area contributed by atoms with Gasteiger partial charge in [0.1, 0.15) is 5.76 Å². The van der Waals surface area contributed by atoms with Crippen molar-refractivity contribution in [3.63, 3.8) is 0 Å². The summed E-state index contributed by atoms with van der Waals surface area (Å²) in [5, 5.41) is 0. The summed E-state index contributed by atoms with van der Waals surface area (Å²) < 4.78 is 10.5. The molecule has 0 N–H and O–H groups in total. The number of benzene rings is 1. The van der Waals surface area contributed by atoms with Crippen LogP contribution in [0, 0.1) is 13.8 Å². The standard InChI is InChI=1S/C18H24N2O3/c1-5-15-6-8-16(9-7-15)12-20(10-11-22-4)18(21)17-13(2)23-14(3)19-17/h6-9H,5,10-12H2,1-4H3. The van der Waals surface area contributed by atoms with Crippen molar-refractivity contribution >= 4 is 5.91 Å². The number of rotatable bonds is 7. The van der Waals surface area contributed by atoms with Gasteiger partial charge in [0.2, 0.25) is 0 Å². The van der Waals surface area contributed by atoms with E-state index < -0.39 is 0 Å². The third-order valence-corrected chi connectivity index (χ3v) is 3.76. The van der Waals surface area contributed by atoms with Crippen LogP contribution in [0.25, 0.3) is 0 Å². The normalized spacial score (nSPS) is 10.8. The van der Waals surface area contributed by atoms with E-state index in [-0.39, 0.29) is 5.91 Å². The summed E-state index contributed by atoms with van der Waals surface area (Å²) in [6, 6.07) is 8.32. The first-order chi connectivity index (χ1) is 11.0. The van der Waals surface area contributed by atoms with Crippen molar-refractivity contribution in [1.29, 1.82) is 0 Å². The van der Waals surface area contributed by atoms with E-state index in [2.05, 4.69) is 36.2 Å². The molecule has 0 unspecified atom stereocenters. The number of carbonyl (C=O) groups excluding carboxylic acids is 1. The molecule has 1 aromatic heterocycles. The van der Waals surface area contributed by atoms with Crippen molar-refractivity contribution in [3.8, 4) is 0 Å². The van der Waals surface area contributed by atoms with E-state index in [4.69, 9.17) is 9.15 Å². The van der Waals surface area contributed by atoms with E-state index in [0.717, 1.165) is 12.0 Å². The minimum Gasteiger partial charge on any atom is -0.445 e. The molecule has 0 bridgehead atoms. The van der Waals surface area contributed by atoms with Crippen LogP contribution in [-0.2, 0) is 17.7 Å². The second-order valence-corrected chi connectivity index (χ2v) is 5.53. The molecule has 5 nitrogen and oxygen atoms in total. The first-order valence-electron chi connectivity index (χ1n) is 7.85. The fourth-order valence-electron chi connectivity index (χ4n) is 2.43. The molecule has 0 spiro atoms. The maximum absolute atomic E-state index is 12.8. The third-order valence-electron chi connectivity index (χ3n) is 3.76. The average molecular weight is 316 g/mol. The number of nitrogens with zero attached hydrogens (tertiary/aromatic N) is 2. The van der Waals surface area contributed by atoms with Crippen LogP contribution < -0.4 is 0 Å². The second kappa shape index (κ2) is 7.92. The Kier molecular flexibility index (Phi) is 5.93. The van der Waals surface area contributed by atoms with Crippen LogP contribution in [0.1, 0.15) is 40.2 Å². The number of hydrogen-bond donors (Lipinski definition) is 0. The highest BCUT2D eigenvalue weighted by atomic mass is 16.5. The first-order valence-corrected chi connectivity index (χ1v) is 7.85. The molecule has 2 aromatic rings. The Labute approximate surface area is 137 Å². The summed E-state index contributed by atoms with van der Waals surface area (Å²) in [5.41, 5.74) is 2.75. The molecule has 0 atom stereocenters. The van der Waals surface area contributed by atoms with Crippen molar-refractivity contribution in [2.75, 3.05) is 20.3 Å². The van der Waals surface area contributed by atoms with E-state index in [1.807, 2.05) is 0 Å². The van der Waals surface area contributed by atoms with Gasteiger partial charge in [-0.15, -0.1) is 0 Å². The fourth-order valence-corrected chi connectivity index (χ4v) is 2.43. The number of methoxy groups -OCH3 is 1. The predicted octanol–water partition coefficient (Wildman–Crippen LogP) is 3.14. The summed E-state index contributed by atoms with van der Waals surface area (Å²) in [4.78, 5) is 18.7. The number of carbonyl (C=O) groups is 1. The highest BCUT2D eigenvalue weighted by molar-refractivity contribution is 5.93. The molecule has 0 aliphatic carbocycles. The largest absolute Gasteiger partial charge is 0.445 e. The van der Waals surface area contributed by atoms with Crippen LogP contribution in [0.4, 0.5) is 0 Å². The number of aryl methyl sites for hydroxylation is 3. The van der Waals surface area contributed by atoms with Crippen LogP contribution in [0.2, 0.25) is 0 Å². The summed E-state index contributed by atoms with van der Waals surface area (Å²) in [7, 11) is 1.63. The average Bonchev–Trinajstić information content (AvgIpc) is 2.89. The van der Waals surface area contributed by atoms with Gasteiger partial charge in [0.05, 0.1) is 6.61 Å². The summed E-state index contributed by atoms with van der Waals surface area (Å²) >= 11 is 0. The predicted molar refractivity (Wildman–Crippen MR) is 88.4 cm³/mol. The molecule has 124 valence electrons. The lowest BCUT2D eigenvalue weighted by Crippen LogP contribution is -2.34.